The number of ether oxygens (including phenoxy) is 2. The maximum absolute atomic E-state index is 12.6. The van der Waals surface area contributed by atoms with Crippen LogP contribution in [0.15, 0.2) is 18.2 Å². The highest BCUT2D eigenvalue weighted by molar-refractivity contribution is 9.09. The lowest BCUT2D eigenvalue weighted by atomic mass is 9.96. The molecule has 3 rings (SSSR count). The molecule has 2 atom stereocenters. The topological polar surface area (TPSA) is 38.8 Å². The number of hydrogen-bond donors (Lipinski definition) is 0. The molecule has 1 amide bonds. The van der Waals surface area contributed by atoms with Gasteiger partial charge in [0.2, 0.25) is 5.91 Å². The molecule has 25 heavy (non-hydrogen) atoms. The van der Waals surface area contributed by atoms with Crippen molar-refractivity contribution in [2.24, 2.45) is 5.92 Å². The van der Waals surface area contributed by atoms with E-state index in [-0.39, 0.29) is 23.6 Å². The van der Waals surface area contributed by atoms with Crippen LogP contribution in [0.1, 0.15) is 37.7 Å². The third-order valence-electron chi connectivity index (χ3n) is 4.82. The van der Waals surface area contributed by atoms with Crippen molar-refractivity contribution in [1.29, 1.82) is 0 Å². The third-order valence-corrected chi connectivity index (χ3v) is 5.57. The van der Waals surface area contributed by atoms with Crippen molar-refractivity contribution in [3.8, 4) is 11.5 Å². The van der Waals surface area contributed by atoms with Crippen LogP contribution >= 0.6 is 15.9 Å². The maximum atomic E-state index is 12.6. The summed E-state index contributed by atoms with van der Waals surface area (Å²) < 4.78 is 35.6. The van der Waals surface area contributed by atoms with Gasteiger partial charge in [-0.2, -0.15) is 8.78 Å². The summed E-state index contributed by atoms with van der Waals surface area (Å²) in [4.78, 5) is 13.7. The molecule has 1 aromatic carbocycles. The van der Waals surface area contributed by atoms with Crippen LogP contribution in [0.3, 0.4) is 0 Å². The lowest BCUT2D eigenvalue weighted by molar-refractivity contribution is -0.129. The molecule has 0 spiro atoms. The molecule has 0 radical (unpaired) electrons. The van der Waals surface area contributed by atoms with Gasteiger partial charge in [0.15, 0.2) is 11.5 Å². The van der Waals surface area contributed by atoms with Crippen LogP contribution in [0.2, 0.25) is 0 Å². The number of alkyl halides is 3. The number of benzene rings is 1. The van der Waals surface area contributed by atoms with Gasteiger partial charge in [0.05, 0.1) is 6.61 Å². The molecular formula is C18H22BrF2NO3. The van der Waals surface area contributed by atoms with E-state index in [1.165, 1.54) is 0 Å². The molecule has 0 bridgehead atoms. The van der Waals surface area contributed by atoms with Crippen molar-refractivity contribution in [1.82, 2.24) is 4.90 Å². The van der Waals surface area contributed by atoms with Gasteiger partial charge >= 0.3 is 6.61 Å². The van der Waals surface area contributed by atoms with Crippen LogP contribution in [0.4, 0.5) is 8.78 Å². The van der Waals surface area contributed by atoms with E-state index in [0.29, 0.717) is 24.8 Å². The molecule has 138 valence electrons. The van der Waals surface area contributed by atoms with E-state index in [0.717, 1.165) is 30.2 Å². The fraction of sp³-hybridized carbons (Fsp3) is 0.611. The normalized spacial score (nSPS) is 23.2. The quantitative estimate of drug-likeness (QED) is 0.624. The number of carbonyl (C=O) groups excluding carboxylic acids is 1. The number of likely N-dealkylation sites (tertiary alicyclic amines) is 1. The van der Waals surface area contributed by atoms with Gasteiger partial charge < -0.3 is 14.4 Å². The molecule has 1 heterocycles. The van der Waals surface area contributed by atoms with Gasteiger partial charge in [-0.05, 0) is 42.9 Å². The summed E-state index contributed by atoms with van der Waals surface area (Å²) in [7, 11) is 0. The predicted octanol–water partition coefficient (Wildman–Crippen LogP) is 4.18. The lowest BCUT2D eigenvalue weighted by Crippen LogP contribution is -2.34. The Kier molecular flexibility index (Phi) is 5.81. The van der Waals surface area contributed by atoms with Gasteiger partial charge in [-0.15, -0.1) is 0 Å². The SMILES string of the molecule is CC(=O)N1CC(c2ccc(OC(F)F)c(OCC3CC3)c2)C[C@@H]1CBr. The van der Waals surface area contributed by atoms with Gasteiger partial charge in [-0.1, -0.05) is 22.0 Å². The molecule has 1 aromatic rings. The van der Waals surface area contributed by atoms with Crippen molar-refractivity contribution in [2.45, 2.75) is 44.8 Å². The van der Waals surface area contributed by atoms with Gasteiger partial charge in [-0.3, -0.25) is 4.79 Å². The maximum Gasteiger partial charge on any atom is 0.387 e. The van der Waals surface area contributed by atoms with Crippen molar-refractivity contribution in [3.05, 3.63) is 23.8 Å². The third kappa shape index (κ3) is 4.63. The molecule has 1 aliphatic heterocycles. The van der Waals surface area contributed by atoms with Crippen LogP contribution in [-0.2, 0) is 4.79 Å². The van der Waals surface area contributed by atoms with Crippen LogP contribution < -0.4 is 9.47 Å². The molecule has 0 N–H and O–H groups in total. The highest BCUT2D eigenvalue weighted by Crippen LogP contribution is 2.39. The fourth-order valence-electron chi connectivity index (χ4n) is 3.27. The zero-order valence-electron chi connectivity index (χ0n) is 14.1. The molecule has 1 saturated heterocycles. The molecule has 2 aliphatic rings. The van der Waals surface area contributed by atoms with Crippen LogP contribution in [0.5, 0.6) is 11.5 Å². The van der Waals surface area contributed by atoms with Crippen LogP contribution in [0, 0.1) is 5.92 Å². The Morgan fingerprint density at radius 2 is 2.12 bits per heavy atom. The zero-order valence-corrected chi connectivity index (χ0v) is 15.7. The van der Waals surface area contributed by atoms with Gasteiger partial charge in [0.25, 0.3) is 0 Å². The Balaban J connectivity index is 1.78. The van der Waals surface area contributed by atoms with Gasteiger partial charge in [-0.25, -0.2) is 0 Å². The van der Waals surface area contributed by atoms with E-state index in [1.54, 1.807) is 25.1 Å². The first-order valence-electron chi connectivity index (χ1n) is 8.52. The molecule has 1 unspecified atom stereocenters. The molecule has 1 saturated carbocycles. The molecule has 7 heteroatoms. The molecular weight excluding hydrogens is 396 g/mol. The zero-order chi connectivity index (χ0) is 18.0. The first-order chi connectivity index (χ1) is 12.0. The summed E-state index contributed by atoms with van der Waals surface area (Å²) in [6.07, 6.45) is 3.07. The van der Waals surface area contributed by atoms with Crippen molar-refractivity contribution in [2.75, 3.05) is 18.5 Å². The smallest absolute Gasteiger partial charge is 0.387 e. The number of rotatable bonds is 7. The van der Waals surface area contributed by atoms with E-state index in [1.807, 2.05) is 4.90 Å². The Bertz CT molecular complexity index is 624. The van der Waals surface area contributed by atoms with E-state index < -0.39 is 6.61 Å². The minimum absolute atomic E-state index is 0.0508. The Hall–Kier alpha value is -1.37. The second-order valence-electron chi connectivity index (χ2n) is 6.75. The largest absolute Gasteiger partial charge is 0.489 e. The highest BCUT2D eigenvalue weighted by atomic mass is 79.9. The first kappa shape index (κ1) is 18.4. The molecule has 0 aromatic heterocycles. The molecule has 1 aliphatic carbocycles. The fourth-order valence-corrected chi connectivity index (χ4v) is 3.88. The summed E-state index contributed by atoms with van der Waals surface area (Å²) in [6, 6.07) is 5.28. The van der Waals surface area contributed by atoms with E-state index in [9.17, 15) is 13.6 Å². The van der Waals surface area contributed by atoms with E-state index in [2.05, 4.69) is 20.7 Å². The predicted molar refractivity (Wildman–Crippen MR) is 93.6 cm³/mol. The Labute approximate surface area is 154 Å². The summed E-state index contributed by atoms with van der Waals surface area (Å²) >= 11 is 3.46. The first-order valence-corrected chi connectivity index (χ1v) is 9.64. The minimum Gasteiger partial charge on any atom is -0.489 e. The highest BCUT2D eigenvalue weighted by Gasteiger charge is 2.34. The minimum atomic E-state index is -2.88. The standard InChI is InChI=1S/C18H22BrF2NO3/c1-11(23)22-9-14(6-15(22)8-19)13-4-5-16(25-18(20)21)17(7-13)24-10-12-2-3-12/h4-5,7,12,14-15,18H,2-3,6,8-10H2,1H3/t14?,15-/m1/s1. The Morgan fingerprint density at radius 1 is 1.36 bits per heavy atom. The summed E-state index contributed by atoms with van der Waals surface area (Å²) in [5, 5.41) is 0.723. The van der Waals surface area contributed by atoms with Gasteiger partial charge in [0.1, 0.15) is 0 Å². The summed E-state index contributed by atoms with van der Waals surface area (Å²) in [5.41, 5.74) is 0.988. The van der Waals surface area contributed by atoms with E-state index >= 15 is 0 Å². The number of nitrogens with zero attached hydrogens (tertiary/aromatic N) is 1. The number of halogens is 3. The van der Waals surface area contributed by atoms with Crippen molar-refractivity contribution in [3.63, 3.8) is 0 Å². The average Bonchev–Trinajstić information content (AvgIpc) is 3.29. The lowest BCUT2D eigenvalue weighted by Gasteiger charge is -2.20. The Morgan fingerprint density at radius 3 is 2.68 bits per heavy atom. The van der Waals surface area contributed by atoms with Gasteiger partial charge in [0, 0.05) is 30.8 Å². The van der Waals surface area contributed by atoms with Crippen LogP contribution in [0.25, 0.3) is 0 Å². The number of hydrogen-bond acceptors (Lipinski definition) is 3. The molecule has 4 nitrogen and oxygen atoms in total. The van der Waals surface area contributed by atoms with Crippen LogP contribution in [-0.4, -0.2) is 41.9 Å². The van der Waals surface area contributed by atoms with Crippen molar-refractivity contribution < 1.29 is 23.0 Å². The monoisotopic (exact) mass is 417 g/mol. The average molecular weight is 418 g/mol. The van der Waals surface area contributed by atoms with Crippen molar-refractivity contribution >= 4 is 21.8 Å². The summed E-state index contributed by atoms with van der Waals surface area (Å²) in [6.45, 7) is -0.159. The number of amides is 1. The second-order valence-corrected chi connectivity index (χ2v) is 7.40. The second kappa shape index (κ2) is 7.89. The van der Waals surface area contributed by atoms with E-state index in [4.69, 9.17) is 4.74 Å². The number of carbonyl (C=O) groups is 1. The summed E-state index contributed by atoms with van der Waals surface area (Å²) in [5.74, 6) is 1.16. The molecule has 2 fully saturated rings.